The fourth-order valence-corrected chi connectivity index (χ4v) is 2.11. The Morgan fingerprint density at radius 1 is 1.23 bits per heavy atom. The fraction of sp³-hybridized carbons (Fsp3) is 0.400. The molecule has 1 rings (SSSR count). The first-order valence-corrected chi connectivity index (χ1v) is 6.88. The van der Waals surface area contributed by atoms with Crippen molar-refractivity contribution >= 4 is 15.8 Å². The van der Waals surface area contributed by atoms with Crippen molar-refractivity contribution < 1.29 is 40.3 Å². The number of carboxylic acid groups (broad SMARTS) is 1. The fourth-order valence-electron chi connectivity index (χ4n) is 0.961. The normalized spacial score (nSPS) is 12.3. The molecule has 0 saturated carbocycles. The second kappa shape index (κ2) is 7.45. The van der Waals surface area contributed by atoms with Crippen LogP contribution < -0.4 is 5.73 Å². The molecule has 0 saturated heterocycles. The molecule has 1 aromatic heterocycles. The molecular formula is C10H11F5N2O4S. The molecule has 1 aromatic rings. The van der Waals surface area contributed by atoms with Crippen molar-refractivity contribution in [1.29, 1.82) is 0 Å². The molecule has 12 heteroatoms. The van der Waals surface area contributed by atoms with Crippen LogP contribution in [-0.4, -0.2) is 42.5 Å². The number of aromatic nitrogens is 1. The van der Waals surface area contributed by atoms with Gasteiger partial charge in [-0.1, -0.05) is 6.07 Å². The molecule has 0 aromatic carbocycles. The summed E-state index contributed by atoms with van der Waals surface area (Å²) in [6, 6.07) is 3.80. The van der Waals surface area contributed by atoms with Gasteiger partial charge in [-0.05, 0) is 18.7 Å². The largest absolute Gasteiger partial charge is 0.490 e. The number of aliphatic carboxylic acids is 1. The van der Waals surface area contributed by atoms with Gasteiger partial charge < -0.3 is 10.8 Å². The van der Waals surface area contributed by atoms with Crippen LogP contribution in [0.1, 0.15) is 6.42 Å². The van der Waals surface area contributed by atoms with Gasteiger partial charge in [0.1, 0.15) is 0 Å². The van der Waals surface area contributed by atoms with E-state index in [1.807, 2.05) is 0 Å². The van der Waals surface area contributed by atoms with E-state index in [2.05, 4.69) is 4.98 Å². The van der Waals surface area contributed by atoms with E-state index >= 15 is 0 Å². The number of alkyl halides is 5. The zero-order valence-corrected chi connectivity index (χ0v) is 11.5. The molecule has 0 atom stereocenters. The molecule has 0 aliphatic heterocycles. The number of nitrogens with zero attached hydrogens (tertiary/aromatic N) is 1. The van der Waals surface area contributed by atoms with Gasteiger partial charge in [0.2, 0.25) is 0 Å². The lowest BCUT2D eigenvalue weighted by Gasteiger charge is -2.14. The zero-order valence-electron chi connectivity index (χ0n) is 10.7. The van der Waals surface area contributed by atoms with Crippen molar-refractivity contribution in [3.63, 3.8) is 0 Å². The monoisotopic (exact) mass is 350 g/mol. The summed E-state index contributed by atoms with van der Waals surface area (Å²) >= 11 is 0. The molecular weight excluding hydrogens is 339 g/mol. The van der Waals surface area contributed by atoms with Crippen LogP contribution in [0, 0.1) is 0 Å². The van der Waals surface area contributed by atoms with Crippen LogP contribution in [0.3, 0.4) is 0 Å². The molecule has 0 amide bonds. The third-order valence-electron chi connectivity index (χ3n) is 1.98. The molecule has 22 heavy (non-hydrogen) atoms. The molecule has 0 unspecified atom stereocenters. The predicted molar refractivity (Wildman–Crippen MR) is 63.7 cm³/mol. The van der Waals surface area contributed by atoms with Gasteiger partial charge in [-0.2, -0.15) is 22.0 Å². The summed E-state index contributed by atoms with van der Waals surface area (Å²) in [6.07, 6.45) is -4.85. The van der Waals surface area contributed by atoms with E-state index in [0.29, 0.717) is 0 Å². The van der Waals surface area contributed by atoms with Gasteiger partial charge in [0.15, 0.2) is 5.03 Å². The van der Waals surface area contributed by atoms with Crippen LogP contribution in [0.2, 0.25) is 0 Å². The lowest BCUT2D eigenvalue weighted by Crippen LogP contribution is -2.32. The molecule has 0 aliphatic rings. The van der Waals surface area contributed by atoms with E-state index in [4.69, 9.17) is 15.6 Å². The Bertz CT molecular complexity index is 589. The van der Waals surface area contributed by atoms with Gasteiger partial charge >= 0.3 is 17.4 Å². The van der Waals surface area contributed by atoms with Crippen molar-refractivity contribution in [2.45, 2.75) is 22.9 Å². The van der Waals surface area contributed by atoms with Crippen LogP contribution >= 0.6 is 0 Å². The van der Waals surface area contributed by atoms with E-state index in [1.165, 1.54) is 12.1 Å². The molecule has 0 fully saturated rings. The number of hydrogen-bond acceptors (Lipinski definition) is 5. The summed E-state index contributed by atoms with van der Waals surface area (Å²) in [7, 11) is -4.73. The average molecular weight is 350 g/mol. The Morgan fingerprint density at radius 3 is 2.05 bits per heavy atom. The maximum Gasteiger partial charge on any atom is 0.490 e. The number of halogens is 5. The summed E-state index contributed by atoms with van der Waals surface area (Å²) in [5.74, 6) is -2.76. The van der Waals surface area contributed by atoms with E-state index in [-0.39, 0.29) is 0 Å². The van der Waals surface area contributed by atoms with Gasteiger partial charge in [0, 0.05) is 12.6 Å². The van der Waals surface area contributed by atoms with E-state index < -0.39 is 45.2 Å². The smallest absolute Gasteiger partial charge is 0.475 e. The summed E-state index contributed by atoms with van der Waals surface area (Å²) in [6.45, 7) is -0.404. The lowest BCUT2D eigenvalue weighted by molar-refractivity contribution is -0.192. The summed E-state index contributed by atoms with van der Waals surface area (Å²) in [4.78, 5) is 12.3. The van der Waals surface area contributed by atoms with Crippen LogP contribution in [0.25, 0.3) is 0 Å². The van der Waals surface area contributed by atoms with Crippen molar-refractivity contribution in [1.82, 2.24) is 4.98 Å². The number of nitrogens with two attached hydrogens (primary N) is 1. The van der Waals surface area contributed by atoms with Gasteiger partial charge in [0.05, 0.1) is 0 Å². The number of carboxylic acids is 1. The standard InChI is InChI=1S/C8H10F2N2O2S.C2HF3O2/c9-8(10,4-5-11)15(13,14)7-3-1-2-6-12-7;3-2(4,5)1(6)7/h1-3,6H,4-5,11H2;(H,6,7). The first-order chi connectivity index (χ1) is 9.86. The maximum atomic E-state index is 13.2. The molecule has 0 radical (unpaired) electrons. The number of hydrogen-bond donors (Lipinski definition) is 2. The summed E-state index contributed by atoms with van der Waals surface area (Å²) in [5.41, 5.74) is 4.92. The van der Waals surface area contributed by atoms with Crippen LogP contribution in [0.5, 0.6) is 0 Å². The summed E-state index contributed by atoms with van der Waals surface area (Å²) < 4.78 is 80.8. The zero-order chi connectivity index (χ0) is 17.6. The van der Waals surface area contributed by atoms with Crippen LogP contribution in [0.15, 0.2) is 29.4 Å². The third kappa shape index (κ3) is 5.52. The SMILES string of the molecule is NCCC(F)(F)S(=O)(=O)c1ccccn1.O=C(O)C(F)(F)F. The van der Waals surface area contributed by atoms with Crippen LogP contribution in [-0.2, 0) is 14.6 Å². The Hall–Kier alpha value is -1.82. The highest BCUT2D eigenvalue weighted by Gasteiger charge is 2.45. The van der Waals surface area contributed by atoms with Crippen LogP contribution in [0.4, 0.5) is 22.0 Å². The van der Waals surface area contributed by atoms with Gasteiger partial charge in [-0.25, -0.2) is 18.2 Å². The highest BCUT2D eigenvalue weighted by atomic mass is 32.2. The minimum absolute atomic E-state index is 0.404. The van der Waals surface area contributed by atoms with E-state index in [1.54, 1.807) is 0 Å². The van der Waals surface area contributed by atoms with Crippen molar-refractivity contribution in [3.8, 4) is 0 Å². The molecule has 0 bridgehead atoms. The van der Waals surface area contributed by atoms with Crippen molar-refractivity contribution in [3.05, 3.63) is 24.4 Å². The minimum atomic E-state index is -5.08. The molecule has 6 nitrogen and oxygen atoms in total. The highest BCUT2D eigenvalue weighted by molar-refractivity contribution is 7.92. The maximum absolute atomic E-state index is 13.2. The Kier molecular flexibility index (Phi) is 6.83. The highest BCUT2D eigenvalue weighted by Crippen LogP contribution is 2.30. The number of rotatable bonds is 4. The minimum Gasteiger partial charge on any atom is -0.475 e. The Balaban J connectivity index is 0.000000534. The number of carbonyl (C=O) groups is 1. The van der Waals surface area contributed by atoms with Gasteiger partial charge in [-0.3, -0.25) is 0 Å². The lowest BCUT2D eigenvalue weighted by atomic mass is 10.4. The molecule has 1 heterocycles. The van der Waals surface area contributed by atoms with E-state index in [0.717, 1.165) is 12.3 Å². The second-order valence-electron chi connectivity index (χ2n) is 3.65. The predicted octanol–water partition coefficient (Wildman–Crippen LogP) is 1.43. The van der Waals surface area contributed by atoms with Gasteiger partial charge in [-0.15, -0.1) is 0 Å². The molecule has 3 N–H and O–H groups in total. The second-order valence-corrected chi connectivity index (χ2v) is 5.67. The Labute approximate surface area is 121 Å². The Morgan fingerprint density at radius 2 is 1.73 bits per heavy atom. The molecule has 0 spiro atoms. The number of pyridine rings is 1. The first kappa shape index (κ1) is 20.2. The summed E-state index contributed by atoms with van der Waals surface area (Å²) in [5, 5.41) is 2.62. The van der Waals surface area contributed by atoms with Crippen molar-refractivity contribution in [2.24, 2.45) is 5.73 Å². The van der Waals surface area contributed by atoms with Gasteiger partial charge in [0.25, 0.3) is 9.84 Å². The number of sulfone groups is 1. The first-order valence-electron chi connectivity index (χ1n) is 5.40. The molecule has 0 aliphatic carbocycles. The quantitative estimate of drug-likeness (QED) is 0.795. The average Bonchev–Trinajstić information content (AvgIpc) is 2.39. The molecule has 126 valence electrons. The third-order valence-corrected chi connectivity index (χ3v) is 3.77. The van der Waals surface area contributed by atoms with E-state index in [9.17, 15) is 30.4 Å². The van der Waals surface area contributed by atoms with Crippen molar-refractivity contribution in [2.75, 3.05) is 6.54 Å². The topological polar surface area (TPSA) is 110 Å².